The fourth-order valence-corrected chi connectivity index (χ4v) is 2.03. The quantitative estimate of drug-likeness (QED) is 0.894. The molecule has 0 saturated carbocycles. The maximum Gasteiger partial charge on any atom is 0.354 e. The number of aromatic carboxylic acids is 1. The molecule has 2 rings (SSSR count). The van der Waals surface area contributed by atoms with Gasteiger partial charge in [-0.25, -0.2) is 9.78 Å². The maximum atomic E-state index is 10.9. The Morgan fingerprint density at radius 1 is 1.06 bits per heavy atom. The molecular weight excluding hydrogens is 296 g/mol. The Bertz CT molecular complexity index is 629. The SMILES string of the molecule is O=C(O)c1ccc(Cl)c(-c2cccc(Cl)c2Cl)n1. The number of halogens is 3. The number of hydrogen-bond donors (Lipinski definition) is 1. The van der Waals surface area contributed by atoms with Crippen LogP contribution in [0.15, 0.2) is 30.3 Å². The summed E-state index contributed by atoms with van der Waals surface area (Å²) >= 11 is 18.0. The van der Waals surface area contributed by atoms with Gasteiger partial charge in [0.05, 0.1) is 20.8 Å². The minimum atomic E-state index is -1.13. The van der Waals surface area contributed by atoms with Crippen LogP contribution in [0.5, 0.6) is 0 Å². The second-order valence-electron chi connectivity index (χ2n) is 3.43. The van der Waals surface area contributed by atoms with Crippen LogP contribution in [0.3, 0.4) is 0 Å². The molecule has 0 bridgehead atoms. The van der Waals surface area contributed by atoms with Crippen molar-refractivity contribution in [2.75, 3.05) is 0 Å². The van der Waals surface area contributed by atoms with Gasteiger partial charge in [-0.2, -0.15) is 0 Å². The van der Waals surface area contributed by atoms with Crippen LogP contribution in [-0.4, -0.2) is 16.1 Å². The van der Waals surface area contributed by atoms with Gasteiger partial charge in [0.15, 0.2) is 0 Å². The van der Waals surface area contributed by atoms with Crippen LogP contribution in [0.2, 0.25) is 15.1 Å². The summed E-state index contributed by atoms with van der Waals surface area (Å²) in [5.74, 6) is -1.13. The molecule has 0 spiro atoms. The van der Waals surface area contributed by atoms with E-state index in [1.54, 1.807) is 18.2 Å². The highest BCUT2D eigenvalue weighted by atomic mass is 35.5. The number of aromatic nitrogens is 1. The van der Waals surface area contributed by atoms with Crippen molar-refractivity contribution in [1.29, 1.82) is 0 Å². The standard InChI is InChI=1S/C12H6Cl3NO2/c13-7-3-1-2-6(10(7)15)11-8(14)4-5-9(16-11)12(17)18/h1-5H,(H,17,18). The summed E-state index contributed by atoms with van der Waals surface area (Å²) in [5.41, 5.74) is 0.687. The fourth-order valence-electron chi connectivity index (χ4n) is 1.44. The summed E-state index contributed by atoms with van der Waals surface area (Å²) in [6.07, 6.45) is 0. The summed E-state index contributed by atoms with van der Waals surface area (Å²) < 4.78 is 0. The van der Waals surface area contributed by atoms with E-state index < -0.39 is 5.97 Å². The van der Waals surface area contributed by atoms with Crippen molar-refractivity contribution in [3.8, 4) is 11.3 Å². The highest BCUT2D eigenvalue weighted by Crippen LogP contribution is 2.35. The molecule has 92 valence electrons. The van der Waals surface area contributed by atoms with Gasteiger partial charge in [0.1, 0.15) is 5.69 Å². The monoisotopic (exact) mass is 301 g/mol. The van der Waals surface area contributed by atoms with Gasteiger partial charge in [0, 0.05) is 5.56 Å². The number of carbonyl (C=O) groups is 1. The average molecular weight is 303 g/mol. The van der Waals surface area contributed by atoms with Crippen molar-refractivity contribution >= 4 is 40.8 Å². The molecule has 3 nitrogen and oxygen atoms in total. The second kappa shape index (κ2) is 5.14. The Kier molecular flexibility index (Phi) is 3.76. The minimum absolute atomic E-state index is 0.106. The smallest absolute Gasteiger partial charge is 0.354 e. The molecular formula is C12H6Cl3NO2. The number of nitrogens with zero attached hydrogens (tertiary/aromatic N) is 1. The third-order valence-corrected chi connectivity index (χ3v) is 3.40. The molecule has 0 aliphatic heterocycles. The lowest BCUT2D eigenvalue weighted by atomic mass is 10.1. The molecule has 0 aliphatic carbocycles. The molecule has 0 amide bonds. The lowest BCUT2D eigenvalue weighted by molar-refractivity contribution is 0.0690. The van der Waals surface area contributed by atoms with E-state index in [1.807, 2.05) is 0 Å². The van der Waals surface area contributed by atoms with Crippen LogP contribution < -0.4 is 0 Å². The largest absolute Gasteiger partial charge is 0.477 e. The molecule has 0 fully saturated rings. The van der Waals surface area contributed by atoms with Gasteiger partial charge >= 0.3 is 5.97 Å². The zero-order chi connectivity index (χ0) is 13.3. The lowest BCUT2D eigenvalue weighted by Crippen LogP contribution is -2.01. The van der Waals surface area contributed by atoms with Gasteiger partial charge in [-0.15, -0.1) is 0 Å². The number of benzene rings is 1. The Labute approximate surface area is 118 Å². The van der Waals surface area contributed by atoms with Gasteiger partial charge < -0.3 is 5.11 Å². The summed E-state index contributed by atoms with van der Waals surface area (Å²) in [5, 5.41) is 9.86. The molecule has 1 N–H and O–H groups in total. The molecule has 0 unspecified atom stereocenters. The zero-order valence-electron chi connectivity index (χ0n) is 8.82. The number of pyridine rings is 1. The fraction of sp³-hybridized carbons (Fsp3) is 0. The van der Waals surface area contributed by atoms with Gasteiger partial charge in [-0.3, -0.25) is 0 Å². The van der Waals surface area contributed by atoms with E-state index in [1.165, 1.54) is 12.1 Å². The molecule has 18 heavy (non-hydrogen) atoms. The number of rotatable bonds is 2. The van der Waals surface area contributed by atoms with Crippen molar-refractivity contribution in [3.63, 3.8) is 0 Å². The van der Waals surface area contributed by atoms with Crippen LogP contribution in [-0.2, 0) is 0 Å². The number of carboxylic acid groups (broad SMARTS) is 1. The molecule has 2 aromatic rings. The van der Waals surface area contributed by atoms with Crippen molar-refractivity contribution < 1.29 is 9.90 Å². The molecule has 1 aromatic carbocycles. The molecule has 0 saturated heterocycles. The maximum absolute atomic E-state index is 10.9. The second-order valence-corrected chi connectivity index (χ2v) is 4.63. The third kappa shape index (κ3) is 2.43. The molecule has 0 aliphatic rings. The van der Waals surface area contributed by atoms with E-state index in [0.29, 0.717) is 21.3 Å². The number of hydrogen-bond acceptors (Lipinski definition) is 2. The van der Waals surface area contributed by atoms with E-state index in [2.05, 4.69) is 4.98 Å². The minimum Gasteiger partial charge on any atom is -0.477 e. The first-order valence-electron chi connectivity index (χ1n) is 4.85. The van der Waals surface area contributed by atoms with E-state index in [4.69, 9.17) is 39.9 Å². The topological polar surface area (TPSA) is 50.2 Å². The predicted octanol–water partition coefficient (Wildman–Crippen LogP) is 4.41. The van der Waals surface area contributed by atoms with Crippen molar-refractivity contribution in [1.82, 2.24) is 4.98 Å². The molecule has 1 heterocycles. The van der Waals surface area contributed by atoms with Crippen molar-refractivity contribution in [3.05, 3.63) is 51.1 Å². The van der Waals surface area contributed by atoms with Crippen LogP contribution in [0.1, 0.15) is 10.5 Å². The van der Waals surface area contributed by atoms with Crippen molar-refractivity contribution in [2.45, 2.75) is 0 Å². The van der Waals surface area contributed by atoms with Gasteiger partial charge in [0.2, 0.25) is 0 Å². The van der Waals surface area contributed by atoms with Crippen LogP contribution in [0, 0.1) is 0 Å². The lowest BCUT2D eigenvalue weighted by Gasteiger charge is -2.07. The van der Waals surface area contributed by atoms with Crippen LogP contribution >= 0.6 is 34.8 Å². The summed E-state index contributed by atoms with van der Waals surface area (Å²) in [7, 11) is 0. The first-order chi connectivity index (χ1) is 8.50. The Morgan fingerprint density at radius 3 is 2.44 bits per heavy atom. The van der Waals surface area contributed by atoms with Gasteiger partial charge in [-0.05, 0) is 18.2 Å². The van der Waals surface area contributed by atoms with Crippen LogP contribution in [0.4, 0.5) is 0 Å². The third-order valence-electron chi connectivity index (χ3n) is 2.27. The average Bonchev–Trinajstić information content (AvgIpc) is 2.33. The van der Waals surface area contributed by atoms with Gasteiger partial charge in [-0.1, -0.05) is 46.9 Å². The molecule has 0 radical (unpaired) electrons. The summed E-state index contributed by atoms with van der Waals surface area (Å²) in [6, 6.07) is 7.78. The first-order valence-corrected chi connectivity index (χ1v) is 5.98. The van der Waals surface area contributed by atoms with E-state index >= 15 is 0 Å². The Hall–Kier alpha value is -1.29. The summed E-state index contributed by atoms with van der Waals surface area (Å²) in [6.45, 7) is 0. The first kappa shape index (κ1) is 13.1. The van der Waals surface area contributed by atoms with E-state index in [-0.39, 0.29) is 10.7 Å². The zero-order valence-corrected chi connectivity index (χ0v) is 11.1. The van der Waals surface area contributed by atoms with E-state index in [9.17, 15) is 4.79 Å². The molecule has 1 aromatic heterocycles. The highest BCUT2D eigenvalue weighted by molar-refractivity contribution is 6.44. The normalized spacial score (nSPS) is 10.4. The van der Waals surface area contributed by atoms with Crippen LogP contribution in [0.25, 0.3) is 11.3 Å². The predicted molar refractivity (Wildman–Crippen MR) is 71.7 cm³/mol. The number of carboxylic acids is 1. The summed E-state index contributed by atoms with van der Waals surface area (Å²) in [4.78, 5) is 14.9. The van der Waals surface area contributed by atoms with Crippen molar-refractivity contribution in [2.24, 2.45) is 0 Å². The van der Waals surface area contributed by atoms with E-state index in [0.717, 1.165) is 0 Å². The molecule has 0 atom stereocenters. The highest BCUT2D eigenvalue weighted by Gasteiger charge is 2.14. The Balaban J connectivity index is 2.66. The van der Waals surface area contributed by atoms with Gasteiger partial charge in [0.25, 0.3) is 0 Å². The molecule has 6 heteroatoms. The Morgan fingerprint density at radius 2 is 1.78 bits per heavy atom.